The Morgan fingerprint density at radius 1 is 1.00 bits per heavy atom. The van der Waals surface area contributed by atoms with Crippen LogP contribution in [0.5, 0.6) is 0 Å². The summed E-state index contributed by atoms with van der Waals surface area (Å²) in [4.78, 5) is 8.15. The van der Waals surface area contributed by atoms with Crippen LogP contribution in [0.3, 0.4) is 0 Å². The number of hydrogen-bond acceptors (Lipinski definition) is 8. The number of nitrogens with two attached hydrogens (primary N) is 4. The topological polar surface area (TPSA) is 164 Å². The van der Waals surface area contributed by atoms with Crippen molar-refractivity contribution >= 4 is 39.1 Å². The molecule has 1 aromatic heterocycles. The maximum absolute atomic E-state index is 11.5. The van der Waals surface area contributed by atoms with Crippen molar-refractivity contribution in [2.75, 3.05) is 17.2 Å². The largest absolute Gasteiger partial charge is 0.399 e. The van der Waals surface area contributed by atoms with E-state index < -0.39 is 10.0 Å². The van der Waals surface area contributed by atoms with Crippen LogP contribution in [-0.2, 0) is 10.0 Å². The van der Waals surface area contributed by atoms with E-state index in [0.717, 1.165) is 11.8 Å². The van der Waals surface area contributed by atoms with Gasteiger partial charge in [-0.25, -0.2) is 23.5 Å². The predicted molar refractivity (Wildman–Crippen MR) is 77.2 cm³/mol. The molecular formula is C10H12N6O2S2. The highest BCUT2D eigenvalue weighted by Crippen LogP contribution is 2.32. The normalized spacial score (nSPS) is 11.4. The smallest absolute Gasteiger partial charge is 0.239 e. The molecule has 0 aliphatic rings. The minimum Gasteiger partial charge on any atom is -0.399 e. The number of aromatic nitrogens is 2. The first-order valence-corrected chi connectivity index (χ1v) is 7.62. The standard InChI is InChI=1S/C10H12N6O2S2/c11-5-1-2-6(7(3-5)20(14,17)18)19-10-15-8(12)4-9(13)16-10/h1-4H,11H2,(H2,14,17,18)(H4,12,13,15,16). The van der Waals surface area contributed by atoms with E-state index in [1.807, 2.05) is 0 Å². The van der Waals surface area contributed by atoms with Crippen LogP contribution in [0.1, 0.15) is 0 Å². The van der Waals surface area contributed by atoms with Crippen molar-refractivity contribution < 1.29 is 8.42 Å². The van der Waals surface area contributed by atoms with Crippen molar-refractivity contribution in [2.45, 2.75) is 14.9 Å². The highest BCUT2D eigenvalue weighted by atomic mass is 32.2. The maximum Gasteiger partial charge on any atom is 0.239 e. The Morgan fingerprint density at radius 3 is 2.15 bits per heavy atom. The molecule has 0 saturated heterocycles. The number of nitrogen functional groups attached to an aromatic ring is 3. The van der Waals surface area contributed by atoms with Crippen LogP contribution in [-0.4, -0.2) is 18.4 Å². The zero-order valence-electron chi connectivity index (χ0n) is 10.1. The SMILES string of the molecule is Nc1ccc(Sc2nc(N)cc(N)n2)c(S(N)(=O)=O)c1. The Bertz CT molecular complexity index is 742. The minimum absolute atomic E-state index is 0.105. The minimum atomic E-state index is -3.92. The molecule has 2 aromatic rings. The van der Waals surface area contributed by atoms with Crippen LogP contribution in [0.25, 0.3) is 0 Å². The van der Waals surface area contributed by atoms with Crippen LogP contribution < -0.4 is 22.3 Å². The van der Waals surface area contributed by atoms with Gasteiger partial charge >= 0.3 is 0 Å². The fraction of sp³-hybridized carbons (Fsp3) is 0. The molecule has 0 unspecified atom stereocenters. The van der Waals surface area contributed by atoms with Crippen molar-refractivity contribution in [3.05, 3.63) is 24.3 Å². The monoisotopic (exact) mass is 312 g/mol. The van der Waals surface area contributed by atoms with Gasteiger partial charge in [-0.05, 0) is 30.0 Å². The fourth-order valence-electron chi connectivity index (χ4n) is 1.44. The lowest BCUT2D eigenvalue weighted by Crippen LogP contribution is -2.13. The van der Waals surface area contributed by atoms with Gasteiger partial charge in [0, 0.05) is 16.6 Å². The third-order valence-corrected chi connectivity index (χ3v) is 4.24. The molecule has 8 N–H and O–H groups in total. The van der Waals surface area contributed by atoms with Gasteiger partial charge in [0.25, 0.3) is 0 Å². The number of hydrogen-bond donors (Lipinski definition) is 4. The number of benzene rings is 1. The molecular weight excluding hydrogens is 300 g/mol. The van der Waals surface area contributed by atoms with Gasteiger partial charge in [0.15, 0.2) is 5.16 Å². The van der Waals surface area contributed by atoms with E-state index in [9.17, 15) is 8.42 Å². The molecule has 0 spiro atoms. The molecule has 2 rings (SSSR count). The number of sulfonamides is 1. The van der Waals surface area contributed by atoms with Crippen molar-refractivity contribution in [1.29, 1.82) is 0 Å². The molecule has 0 aliphatic heterocycles. The van der Waals surface area contributed by atoms with E-state index in [-0.39, 0.29) is 27.4 Å². The molecule has 0 amide bonds. The molecule has 0 aliphatic carbocycles. The molecule has 0 saturated carbocycles. The van der Waals surface area contributed by atoms with Crippen molar-refractivity contribution in [2.24, 2.45) is 5.14 Å². The first kappa shape index (κ1) is 14.4. The van der Waals surface area contributed by atoms with E-state index in [2.05, 4.69) is 9.97 Å². The van der Waals surface area contributed by atoms with Crippen molar-refractivity contribution in [1.82, 2.24) is 9.97 Å². The molecule has 10 heteroatoms. The van der Waals surface area contributed by atoms with Gasteiger partial charge in [0.1, 0.15) is 11.6 Å². The summed E-state index contributed by atoms with van der Waals surface area (Å²) >= 11 is 0.981. The van der Waals surface area contributed by atoms with Crippen LogP contribution in [0.2, 0.25) is 0 Å². The van der Waals surface area contributed by atoms with Crippen LogP contribution in [0.4, 0.5) is 17.3 Å². The Kier molecular flexibility index (Phi) is 3.70. The van der Waals surface area contributed by atoms with E-state index in [1.54, 1.807) is 6.07 Å². The lowest BCUT2D eigenvalue weighted by molar-refractivity contribution is 0.596. The molecule has 20 heavy (non-hydrogen) atoms. The van der Waals surface area contributed by atoms with Crippen LogP contribution in [0, 0.1) is 0 Å². The summed E-state index contributed by atoms with van der Waals surface area (Å²) in [7, 11) is -3.92. The molecule has 1 aromatic carbocycles. The first-order valence-electron chi connectivity index (χ1n) is 5.26. The molecule has 0 fully saturated rings. The van der Waals surface area contributed by atoms with Crippen LogP contribution >= 0.6 is 11.8 Å². The van der Waals surface area contributed by atoms with E-state index in [1.165, 1.54) is 18.2 Å². The summed E-state index contributed by atoms with van der Waals surface area (Å²) in [5, 5.41) is 5.37. The molecule has 0 radical (unpaired) electrons. The second-order valence-electron chi connectivity index (χ2n) is 3.85. The Morgan fingerprint density at radius 2 is 1.60 bits per heavy atom. The molecule has 0 bridgehead atoms. The average molecular weight is 312 g/mol. The van der Waals surface area contributed by atoms with E-state index >= 15 is 0 Å². The summed E-state index contributed by atoms with van der Waals surface area (Å²) < 4.78 is 23.1. The predicted octanol–water partition coefficient (Wildman–Crippen LogP) is 0.0218. The van der Waals surface area contributed by atoms with E-state index in [4.69, 9.17) is 22.3 Å². The van der Waals surface area contributed by atoms with Gasteiger partial charge in [-0.3, -0.25) is 0 Å². The van der Waals surface area contributed by atoms with E-state index in [0.29, 0.717) is 4.90 Å². The van der Waals surface area contributed by atoms with Gasteiger partial charge in [-0.2, -0.15) is 0 Å². The van der Waals surface area contributed by atoms with Gasteiger partial charge in [-0.15, -0.1) is 0 Å². The molecule has 106 valence electrons. The second-order valence-corrected chi connectivity index (χ2v) is 6.39. The van der Waals surface area contributed by atoms with Gasteiger partial charge in [-0.1, -0.05) is 0 Å². The van der Waals surface area contributed by atoms with Crippen LogP contribution in [0.15, 0.2) is 39.2 Å². The lowest BCUT2D eigenvalue weighted by Gasteiger charge is -2.08. The summed E-state index contributed by atoms with van der Waals surface area (Å²) in [6, 6.07) is 5.73. The van der Waals surface area contributed by atoms with Crippen molar-refractivity contribution in [3.8, 4) is 0 Å². The molecule has 0 atom stereocenters. The maximum atomic E-state index is 11.5. The van der Waals surface area contributed by atoms with Gasteiger partial charge in [0.05, 0.1) is 4.90 Å². The van der Waals surface area contributed by atoms with Gasteiger partial charge in [0.2, 0.25) is 10.0 Å². The number of primary sulfonamides is 1. The summed E-state index contributed by atoms with van der Waals surface area (Å²) in [5.74, 6) is 0.375. The third kappa shape index (κ3) is 3.29. The zero-order valence-corrected chi connectivity index (χ0v) is 11.8. The van der Waals surface area contributed by atoms with Gasteiger partial charge < -0.3 is 17.2 Å². The highest BCUT2D eigenvalue weighted by Gasteiger charge is 2.16. The summed E-state index contributed by atoms with van der Waals surface area (Å²) in [6.45, 7) is 0. The summed E-state index contributed by atoms with van der Waals surface area (Å²) in [6.07, 6.45) is 0. The third-order valence-electron chi connectivity index (χ3n) is 2.22. The second kappa shape index (κ2) is 5.15. The lowest BCUT2D eigenvalue weighted by atomic mass is 10.3. The Labute approximate surface area is 119 Å². The Balaban J connectivity index is 2.48. The van der Waals surface area contributed by atoms with Crippen molar-refractivity contribution in [3.63, 3.8) is 0 Å². The fourth-order valence-corrected chi connectivity index (χ4v) is 3.35. The number of anilines is 3. The first-order chi connectivity index (χ1) is 9.25. The molecule has 8 nitrogen and oxygen atoms in total. The summed E-state index contributed by atoms with van der Waals surface area (Å²) in [5.41, 5.74) is 17.0. The average Bonchev–Trinajstić information content (AvgIpc) is 2.28. The number of nitrogens with zero attached hydrogens (tertiary/aromatic N) is 2. The highest BCUT2D eigenvalue weighted by molar-refractivity contribution is 8.00. The zero-order chi connectivity index (χ0) is 14.9. The Hall–Kier alpha value is -2.04. The quantitative estimate of drug-likeness (QED) is 0.455. The molecule has 1 heterocycles. The number of rotatable bonds is 3.